The minimum atomic E-state index is -1.22. The Balaban J connectivity index is 2.56. The van der Waals surface area contributed by atoms with Crippen LogP contribution in [0.1, 0.15) is 60.3 Å². The van der Waals surface area contributed by atoms with Gasteiger partial charge in [0.25, 0.3) is 0 Å². The molecule has 0 unspecified atom stereocenters. The average Bonchev–Trinajstić information content (AvgIpc) is 2.76. The molecule has 24 heavy (non-hydrogen) atoms. The molecule has 1 spiro atoms. The molecule has 1 aliphatic carbocycles. The fraction of sp³-hybridized carbons (Fsp3) is 0.632. The van der Waals surface area contributed by atoms with Gasteiger partial charge in [0.1, 0.15) is 11.4 Å². The van der Waals surface area contributed by atoms with Crippen LogP contribution in [0.15, 0.2) is 22.8 Å². The number of carbonyl (C=O) groups excluding carboxylic acids is 3. The van der Waals surface area contributed by atoms with E-state index in [1.165, 1.54) is 6.92 Å². The first kappa shape index (κ1) is 18.6. The van der Waals surface area contributed by atoms with Crippen molar-refractivity contribution in [2.24, 2.45) is 5.41 Å². The Morgan fingerprint density at radius 1 is 1.33 bits per heavy atom. The molecular formula is C19H26O5. The molecule has 0 aromatic rings. The molecule has 0 saturated carbocycles. The third-order valence-electron chi connectivity index (χ3n) is 5.35. The highest BCUT2D eigenvalue weighted by Crippen LogP contribution is 2.54. The van der Waals surface area contributed by atoms with Gasteiger partial charge in [0.2, 0.25) is 0 Å². The highest BCUT2D eigenvalue weighted by molar-refractivity contribution is 6.03. The Bertz CT molecular complexity index is 653. The molecule has 0 amide bonds. The maximum atomic E-state index is 13.2. The van der Waals surface area contributed by atoms with E-state index in [2.05, 4.69) is 0 Å². The maximum absolute atomic E-state index is 13.2. The highest BCUT2D eigenvalue weighted by Gasteiger charge is 2.62. The zero-order valence-corrected chi connectivity index (χ0v) is 15.1. The molecule has 3 atom stereocenters. The Hall–Kier alpha value is -1.75. The van der Waals surface area contributed by atoms with Crippen molar-refractivity contribution in [3.05, 3.63) is 22.8 Å². The topological polar surface area (TPSA) is 80.7 Å². The molecule has 1 heterocycles. The molecule has 0 aromatic heterocycles. The SMILES string of the molecule is CC(=O)CC1=C(C)C(=O)[C@@](C)(CC=C(C)C)[C@]2(C1)C[C@@H](O)C(=O)O2. The largest absolute Gasteiger partial charge is 0.456 e. The average molecular weight is 334 g/mol. The van der Waals surface area contributed by atoms with E-state index in [4.69, 9.17) is 4.74 Å². The molecule has 5 heteroatoms. The van der Waals surface area contributed by atoms with E-state index in [9.17, 15) is 19.5 Å². The van der Waals surface area contributed by atoms with Gasteiger partial charge in [-0.25, -0.2) is 4.79 Å². The molecule has 132 valence electrons. The van der Waals surface area contributed by atoms with E-state index < -0.39 is 23.1 Å². The van der Waals surface area contributed by atoms with Crippen molar-refractivity contribution in [1.29, 1.82) is 0 Å². The number of aliphatic hydroxyl groups is 1. The highest BCUT2D eigenvalue weighted by atomic mass is 16.6. The monoisotopic (exact) mass is 334 g/mol. The van der Waals surface area contributed by atoms with Gasteiger partial charge in [-0.15, -0.1) is 0 Å². The molecule has 1 fully saturated rings. The summed E-state index contributed by atoms with van der Waals surface area (Å²) in [4.78, 5) is 36.6. The van der Waals surface area contributed by atoms with Gasteiger partial charge in [-0.2, -0.15) is 0 Å². The quantitative estimate of drug-likeness (QED) is 0.631. The van der Waals surface area contributed by atoms with Crippen LogP contribution >= 0.6 is 0 Å². The lowest BCUT2D eigenvalue weighted by atomic mass is 9.58. The summed E-state index contributed by atoms with van der Waals surface area (Å²) in [6, 6.07) is 0. The molecule has 1 saturated heterocycles. The summed E-state index contributed by atoms with van der Waals surface area (Å²) in [5.41, 5.74) is 0.334. The van der Waals surface area contributed by atoms with Crippen LogP contribution in [0.2, 0.25) is 0 Å². The van der Waals surface area contributed by atoms with Crippen LogP contribution in [0, 0.1) is 5.41 Å². The first-order valence-corrected chi connectivity index (χ1v) is 8.29. The first-order valence-electron chi connectivity index (χ1n) is 8.29. The third-order valence-corrected chi connectivity index (χ3v) is 5.35. The Morgan fingerprint density at radius 3 is 2.42 bits per heavy atom. The van der Waals surface area contributed by atoms with E-state index in [0.717, 1.165) is 5.57 Å². The number of esters is 1. The predicted molar refractivity (Wildman–Crippen MR) is 89.2 cm³/mol. The molecule has 0 radical (unpaired) electrons. The lowest BCUT2D eigenvalue weighted by molar-refractivity contribution is -0.167. The van der Waals surface area contributed by atoms with E-state index in [1.54, 1.807) is 13.8 Å². The molecular weight excluding hydrogens is 308 g/mol. The molecule has 2 aliphatic rings. The Labute approximate surface area is 142 Å². The van der Waals surface area contributed by atoms with Crippen molar-refractivity contribution in [1.82, 2.24) is 0 Å². The van der Waals surface area contributed by atoms with Gasteiger partial charge in [0.05, 0.1) is 5.41 Å². The Morgan fingerprint density at radius 2 is 1.96 bits per heavy atom. The van der Waals surface area contributed by atoms with Crippen molar-refractivity contribution < 1.29 is 24.2 Å². The van der Waals surface area contributed by atoms with E-state index >= 15 is 0 Å². The van der Waals surface area contributed by atoms with Gasteiger partial charge in [-0.3, -0.25) is 9.59 Å². The van der Waals surface area contributed by atoms with Crippen molar-refractivity contribution in [2.75, 3.05) is 0 Å². The normalized spacial score (nSPS) is 33.0. The summed E-state index contributed by atoms with van der Waals surface area (Å²) in [6.07, 6.45) is 1.74. The third kappa shape index (κ3) is 2.97. The number of carbonyl (C=O) groups is 3. The number of rotatable bonds is 4. The molecule has 0 bridgehead atoms. The summed E-state index contributed by atoms with van der Waals surface area (Å²) in [7, 11) is 0. The van der Waals surface area contributed by atoms with Crippen LogP contribution in [0.5, 0.6) is 0 Å². The minimum absolute atomic E-state index is 0.0370. The van der Waals surface area contributed by atoms with Crippen LogP contribution in [-0.4, -0.2) is 34.3 Å². The molecule has 0 aromatic carbocycles. The van der Waals surface area contributed by atoms with Gasteiger partial charge in [0.15, 0.2) is 11.9 Å². The molecule has 1 N–H and O–H groups in total. The lowest BCUT2D eigenvalue weighted by Gasteiger charge is -2.47. The summed E-state index contributed by atoms with van der Waals surface area (Å²) in [5, 5.41) is 9.96. The van der Waals surface area contributed by atoms with Crippen LogP contribution in [0.4, 0.5) is 0 Å². The van der Waals surface area contributed by atoms with Gasteiger partial charge < -0.3 is 9.84 Å². The smallest absolute Gasteiger partial charge is 0.335 e. The second-order valence-corrected chi connectivity index (χ2v) is 7.57. The fourth-order valence-corrected chi connectivity index (χ4v) is 3.78. The van der Waals surface area contributed by atoms with Gasteiger partial charge >= 0.3 is 5.97 Å². The zero-order valence-electron chi connectivity index (χ0n) is 15.1. The second kappa shape index (κ2) is 6.28. The summed E-state index contributed by atoms with van der Waals surface area (Å²) >= 11 is 0. The standard InChI is InChI=1S/C19H26O5/c1-11(2)6-7-18(5)16(22)13(4)14(8-12(3)20)9-19(18)10-15(21)17(23)24-19/h6,15,21H,7-10H2,1-5H3/t15-,18-,19+/m1/s1. The lowest BCUT2D eigenvalue weighted by Crippen LogP contribution is -2.54. The zero-order chi connectivity index (χ0) is 18.3. The number of hydrogen-bond acceptors (Lipinski definition) is 5. The number of hydrogen-bond donors (Lipinski definition) is 1. The van der Waals surface area contributed by atoms with Gasteiger partial charge in [-0.1, -0.05) is 17.2 Å². The molecule has 5 nitrogen and oxygen atoms in total. The number of ether oxygens (including phenoxy) is 1. The maximum Gasteiger partial charge on any atom is 0.335 e. The minimum Gasteiger partial charge on any atom is -0.456 e. The van der Waals surface area contributed by atoms with E-state index in [1.807, 2.05) is 19.9 Å². The van der Waals surface area contributed by atoms with Crippen molar-refractivity contribution in [3.63, 3.8) is 0 Å². The first-order chi connectivity index (χ1) is 11.0. The number of ketones is 2. The Kier molecular flexibility index (Phi) is 4.86. The van der Waals surface area contributed by atoms with Crippen LogP contribution in [0.3, 0.4) is 0 Å². The van der Waals surface area contributed by atoms with Crippen LogP contribution < -0.4 is 0 Å². The van der Waals surface area contributed by atoms with Crippen LogP contribution in [-0.2, 0) is 19.1 Å². The fourth-order valence-electron chi connectivity index (χ4n) is 3.78. The second-order valence-electron chi connectivity index (χ2n) is 7.57. The van der Waals surface area contributed by atoms with Crippen molar-refractivity contribution in [3.8, 4) is 0 Å². The van der Waals surface area contributed by atoms with Crippen LogP contribution in [0.25, 0.3) is 0 Å². The van der Waals surface area contributed by atoms with E-state index in [0.29, 0.717) is 24.0 Å². The summed E-state index contributed by atoms with van der Waals surface area (Å²) in [6.45, 7) is 8.91. The molecule has 2 rings (SSSR count). The van der Waals surface area contributed by atoms with E-state index in [-0.39, 0.29) is 24.4 Å². The number of allylic oxidation sites excluding steroid dienone is 3. The summed E-state index contributed by atoms with van der Waals surface area (Å²) < 4.78 is 5.60. The molecule has 1 aliphatic heterocycles. The summed E-state index contributed by atoms with van der Waals surface area (Å²) in [5.74, 6) is -0.831. The predicted octanol–water partition coefficient (Wildman–Crippen LogP) is 2.66. The number of aliphatic hydroxyl groups excluding tert-OH is 1. The van der Waals surface area contributed by atoms with Crippen molar-refractivity contribution >= 4 is 17.5 Å². The van der Waals surface area contributed by atoms with Gasteiger partial charge in [0, 0.05) is 19.3 Å². The number of Topliss-reactive ketones (excluding diaryl/α,β-unsaturated/α-hetero) is 2. The van der Waals surface area contributed by atoms with Gasteiger partial charge in [-0.05, 0) is 46.6 Å². The van der Waals surface area contributed by atoms with Crippen molar-refractivity contribution in [2.45, 2.75) is 72.0 Å².